The normalized spacial score (nSPS) is 13.1. The molecule has 0 bridgehead atoms. The number of methoxy groups -OCH3 is 5. The van der Waals surface area contributed by atoms with E-state index in [4.69, 9.17) is 23.7 Å². The predicted octanol–water partition coefficient (Wildman–Crippen LogP) is 22.7. The molecule has 0 unspecified atom stereocenters. The van der Waals surface area contributed by atoms with Crippen molar-refractivity contribution in [2.75, 3.05) is 35.5 Å². The van der Waals surface area contributed by atoms with Gasteiger partial charge in [-0.05, 0) is 189 Å². The number of aliphatic hydroxyl groups is 1. The van der Waals surface area contributed by atoms with Gasteiger partial charge < -0.3 is 53.7 Å². The largest absolute Gasteiger partial charge is 0.496 e. The summed E-state index contributed by atoms with van der Waals surface area (Å²) in [6.45, 7) is 18.9. The van der Waals surface area contributed by atoms with Crippen molar-refractivity contribution in [1.29, 1.82) is 0 Å². The highest BCUT2D eigenvalue weighted by atomic mass is 28.3. The number of hydrogen-bond acceptors (Lipinski definition) is 11. The number of aromatic nitrogens is 10. The molecule has 17 aromatic rings. The lowest BCUT2D eigenvalue weighted by atomic mass is 9.85. The Kier molecular flexibility index (Phi) is 23.5. The third-order valence-corrected chi connectivity index (χ3v) is 23.3. The number of nitrogens with zero attached hydrogens (tertiary/aromatic N) is 5. The first kappa shape index (κ1) is 79.9. The van der Waals surface area contributed by atoms with Crippen molar-refractivity contribution in [2.24, 2.45) is 5.92 Å². The summed E-state index contributed by atoms with van der Waals surface area (Å²) in [5.74, 6) is 27.7. The fraction of sp³-hybridized carbons (Fsp3) is 0.257. The van der Waals surface area contributed by atoms with Crippen LogP contribution in [0.15, 0.2) is 177 Å². The van der Waals surface area contributed by atoms with Crippen molar-refractivity contribution >= 4 is 117 Å². The van der Waals surface area contributed by atoms with E-state index < -0.39 is 13.7 Å². The van der Waals surface area contributed by atoms with Crippen LogP contribution in [0, 0.1) is 94.4 Å². The minimum atomic E-state index is -1.46. The molecule has 0 radical (unpaired) electrons. The number of aromatic amines is 5. The van der Waals surface area contributed by atoms with E-state index in [1.807, 2.05) is 151 Å². The molecule has 10 aromatic heterocycles. The summed E-state index contributed by atoms with van der Waals surface area (Å²) in [7, 11) is 6.98. The minimum Gasteiger partial charge on any atom is -0.496 e. The number of rotatable bonds is 6. The van der Waals surface area contributed by atoms with E-state index in [2.05, 4.69) is 184 Å². The highest BCUT2D eigenvalue weighted by Gasteiger charge is 2.28. The van der Waals surface area contributed by atoms with Crippen molar-refractivity contribution in [2.45, 2.75) is 131 Å². The lowest BCUT2D eigenvalue weighted by molar-refractivity contribution is 0.0610. The number of pyridine rings is 5. The van der Waals surface area contributed by atoms with Crippen LogP contribution in [-0.4, -0.2) is 104 Å². The third-order valence-electron chi connectivity index (χ3n) is 22.4. The molecule has 17 heteroatoms. The Bertz CT molecular complexity index is 6940. The zero-order chi connectivity index (χ0) is 82.4. The maximum Gasteiger partial charge on any atom is 0.136 e. The number of fused-ring (bicyclic) bond motifs is 15. The van der Waals surface area contributed by atoms with E-state index >= 15 is 0 Å². The molecule has 118 heavy (non-hydrogen) atoms. The monoisotopic (exact) mass is 1570 g/mol. The molecule has 0 amide bonds. The molecule has 2 fully saturated rings. The van der Waals surface area contributed by atoms with E-state index in [1.165, 1.54) is 76.4 Å². The summed E-state index contributed by atoms with van der Waals surface area (Å²) in [6, 6.07) is 49.1. The highest BCUT2D eigenvalue weighted by molar-refractivity contribution is 6.84. The van der Waals surface area contributed by atoms with Gasteiger partial charge in [0.1, 0.15) is 42.4 Å². The fourth-order valence-electron chi connectivity index (χ4n) is 16.3. The molecule has 6 N–H and O–H groups in total. The van der Waals surface area contributed by atoms with Crippen LogP contribution in [-0.2, 0) is 0 Å². The summed E-state index contributed by atoms with van der Waals surface area (Å²) in [6.07, 6.45) is 20.4. The van der Waals surface area contributed by atoms with Gasteiger partial charge in [-0.15, -0.1) is 5.54 Å². The molecule has 0 atom stereocenters. The number of nitrogens with one attached hydrogen (secondary N) is 5. The number of ether oxygens (including phenoxy) is 5. The molecule has 16 nitrogen and oxygen atoms in total. The Labute approximate surface area is 689 Å². The molecule has 2 aliphatic rings. The van der Waals surface area contributed by atoms with Crippen LogP contribution < -0.4 is 23.7 Å². The van der Waals surface area contributed by atoms with Gasteiger partial charge in [-0.2, -0.15) is 0 Å². The van der Waals surface area contributed by atoms with Gasteiger partial charge in [0, 0.05) is 102 Å². The molecule has 19 rings (SSSR count). The number of aryl methyl sites for hydroxylation is 6. The van der Waals surface area contributed by atoms with Crippen molar-refractivity contribution in [3.63, 3.8) is 0 Å². The van der Waals surface area contributed by atoms with Crippen molar-refractivity contribution in [3.05, 3.63) is 238 Å². The second-order valence-corrected chi connectivity index (χ2v) is 36.2. The Morgan fingerprint density at radius 3 is 1.11 bits per heavy atom. The van der Waals surface area contributed by atoms with Gasteiger partial charge in [-0.3, -0.25) is 24.9 Å². The SMILES string of the molecule is COc1ccc2c([nH]c3c(C)nccc32)c1-c1cccc(C)c1.COc1ccc2c([nH]c3c(C)nccc32)c1C#CC1(O)CCCCC1.COc1ccc2c([nH]c3c(C)nccc32)c1C#CC1CCCCC1.COc1ccc2c([nH]c3c(C)nccc32)c1C#C[Si](C)(C)C.COc1ccc2c([nH]c3c(C)nccc32)c1C#Cc1ccccc1. The first-order chi connectivity index (χ1) is 57.3. The zero-order valence-electron chi connectivity index (χ0n) is 69.6. The average molecular weight is 1580 g/mol. The van der Waals surface area contributed by atoms with Gasteiger partial charge in [0.15, 0.2) is 0 Å². The van der Waals surface area contributed by atoms with E-state index in [9.17, 15) is 5.11 Å². The topological polar surface area (TPSA) is 210 Å². The quantitative estimate of drug-likeness (QED) is 0.0681. The number of H-pyrrole nitrogens is 5. The Morgan fingerprint density at radius 2 is 0.712 bits per heavy atom. The summed E-state index contributed by atoms with van der Waals surface area (Å²) in [5.41, 5.74) is 26.0. The third kappa shape index (κ3) is 16.5. The van der Waals surface area contributed by atoms with Crippen molar-refractivity contribution in [1.82, 2.24) is 49.8 Å². The highest BCUT2D eigenvalue weighted by Crippen LogP contribution is 2.42. The van der Waals surface area contributed by atoms with Gasteiger partial charge >= 0.3 is 0 Å². The Hall–Kier alpha value is -13.3. The van der Waals surface area contributed by atoms with Crippen molar-refractivity contribution in [3.8, 4) is 86.9 Å². The van der Waals surface area contributed by atoms with Gasteiger partial charge in [0.2, 0.25) is 0 Å². The molecule has 2 saturated carbocycles. The maximum absolute atomic E-state index is 10.7. The first-order valence-corrected chi connectivity index (χ1v) is 43.9. The molecule has 7 aromatic carbocycles. The fourth-order valence-corrected chi connectivity index (χ4v) is 16.8. The lowest BCUT2D eigenvalue weighted by Gasteiger charge is -2.26. The van der Waals surface area contributed by atoms with E-state index in [1.54, 1.807) is 35.5 Å². The van der Waals surface area contributed by atoms with E-state index in [0.717, 1.165) is 199 Å². The molecule has 0 saturated heterocycles. The van der Waals surface area contributed by atoms with Gasteiger partial charge in [-0.25, -0.2) is 0 Å². The predicted molar refractivity (Wildman–Crippen MR) is 486 cm³/mol. The van der Waals surface area contributed by atoms with Crippen LogP contribution in [0.25, 0.3) is 120 Å². The van der Waals surface area contributed by atoms with E-state index in [0.29, 0.717) is 5.92 Å². The summed E-state index contributed by atoms with van der Waals surface area (Å²) in [5, 5.41) is 22.4. The van der Waals surface area contributed by atoms with Crippen LogP contribution in [0.1, 0.15) is 126 Å². The average Bonchev–Trinajstić information content (AvgIpc) is 1.60. The first-order valence-electron chi connectivity index (χ1n) is 40.4. The van der Waals surface area contributed by atoms with Gasteiger partial charge in [-0.1, -0.05) is 135 Å². The molecular weight excluding hydrogens is 1480 g/mol. The molecule has 2 aliphatic carbocycles. The van der Waals surface area contributed by atoms with Crippen LogP contribution in [0.5, 0.6) is 28.7 Å². The lowest BCUT2D eigenvalue weighted by Crippen LogP contribution is -2.29. The molecule has 0 aliphatic heterocycles. The second-order valence-electron chi connectivity index (χ2n) is 31.5. The maximum atomic E-state index is 10.7. The zero-order valence-corrected chi connectivity index (χ0v) is 70.6. The van der Waals surface area contributed by atoms with Crippen LogP contribution in [0.4, 0.5) is 0 Å². The molecule has 592 valence electrons. The van der Waals surface area contributed by atoms with Crippen LogP contribution in [0.2, 0.25) is 19.6 Å². The molecule has 10 heterocycles. The minimum absolute atomic E-state index is 0.520. The molecular formula is C101H98N10O6Si. The number of benzene rings is 7. The number of hydrogen-bond donors (Lipinski definition) is 6. The smallest absolute Gasteiger partial charge is 0.136 e. The van der Waals surface area contributed by atoms with Gasteiger partial charge in [0.05, 0.1) is 141 Å². The van der Waals surface area contributed by atoms with Crippen LogP contribution in [0.3, 0.4) is 0 Å². The summed E-state index contributed by atoms with van der Waals surface area (Å²) in [4.78, 5) is 39.4. The summed E-state index contributed by atoms with van der Waals surface area (Å²) < 4.78 is 27.8. The van der Waals surface area contributed by atoms with Crippen molar-refractivity contribution < 1.29 is 28.8 Å². The second kappa shape index (κ2) is 34.6. The Morgan fingerprint density at radius 1 is 0.356 bits per heavy atom. The molecule has 0 spiro atoms. The standard InChI is InChI=1S/C21H22N2O2.C21H22N2O.C21H16N2O.C20H18N2O.C18H20N2OSi/c1-14-19-16(9-13-22-14)15-6-7-18(25-2)17(20(15)23-19)8-12-21(24)10-4-3-5-11-21;2*1-14-20-17(12-13-22-14)16-10-11-19(24-2)18(21(16)23-20)9-8-15-6-4-3-5-7-15;1-12-5-4-6-14(11-12)18-17(23-3)8-7-15-16-9-10-21-13(2)19(16)22-20(15)18;1-12-17-14(8-10-19-12)13-6-7-16(21-2)15(18(13)20-17)9-11-22(3,4)5/h6-7,9,13,23-24H,3-5,10-11H2,1-2H3;10-13,15,23H,3-7H2,1-2H3;3-7,10-13,23H,1-2H3;4-11,22H,1-3H3;6-8,10,20H,1-5H3. The van der Waals surface area contributed by atoms with Gasteiger partial charge in [0.25, 0.3) is 0 Å². The Balaban J connectivity index is 0.000000115. The summed E-state index contributed by atoms with van der Waals surface area (Å²) >= 11 is 0. The van der Waals surface area contributed by atoms with Crippen LogP contribution >= 0.6 is 0 Å². The van der Waals surface area contributed by atoms with E-state index in [-0.39, 0.29) is 0 Å².